The molecule has 1 saturated carbocycles. The summed E-state index contributed by atoms with van der Waals surface area (Å²) in [5, 5.41) is 1.26. The number of benzene rings is 1. The van der Waals surface area contributed by atoms with Gasteiger partial charge in [0.25, 0.3) is 0 Å². The lowest BCUT2D eigenvalue weighted by atomic mass is 9.26. The van der Waals surface area contributed by atoms with Crippen molar-refractivity contribution in [2.75, 3.05) is 0 Å². The van der Waals surface area contributed by atoms with Gasteiger partial charge in [-0.2, -0.15) is 11.8 Å². The maximum absolute atomic E-state index is 3.19. The number of hydrogen-bond acceptors (Lipinski definition) is 3. The van der Waals surface area contributed by atoms with Crippen molar-refractivity contribution in [3.05, 3.63) is 94.7 Å². The molecule has 4 heterocycles. The lowest BCUT2D eigenvalue weighted by Crippen LogP contribution is -2.69. The molecular weight excluding hydrogens is 587 g/mol. The molecule has 0 aromatic heterocycles. The van der Waals surface area contributed by atoms with E-state index in [1.807, 2.05) is 16.7 Å². The second kappa shape index (κ2) is 11.3. The fourth-order valence-corrected chi connectivity index (χ4v) is 15.6. The van der Waals surface area contributed by atoms with Crippen LogP contribution in [0, 0.1) is 5.41 Å². The van der Waals surface area contributed by atoms with Gasteiger partial charge in [0.1, 0.15) is 0 Å². The van der Waals surface area contributed by atoms with Gasteiger partial charge in [-0.25, -0.2) is 0 Å². The third-order valence-electron chi connectivity index (χ3n) is 15.2. The highest BCUT2D eigenvalue weighted by atomic mass is 32.2. The van der Waals surface area contributed by atoms with Crippen LogP contribution in [0.25, 0.3) is 0 Å². The maximum Gasteiger partial charge on any atom is 0.200 e. The molecule has 0 bridgehead atoms. The van der Waals surface area contributed by atoms with Gasteiger partial charge in [0.05, 0.1) is 0 Å². The second-order valence-corrected chi connectivity index (χ2v) is 18.6. The normalized spacial score (nSPS) is 39.8. The summed E-state index contributed by atoms with van der Waals surface area (Å²) in [6.07, 6.45) is 35.9. The fraction of sp³-hybridized carbons (Fsp3) is 0.628. The predicted octanol–water partition coefficient (Wildman–Crippen LogP) is 10.2. The Morgan fingerprint density at radius 2 is 1.77 bits per heavy atom. The summed E-state index contributed by atoms with van der Waals surface area (Å²) in [4.78, 5) is 6.38. The molecule has 2 nitrogen and oxygen atoms in total. The van der Waals surface area contributed by atoms with Crippen molar-refractivity contribution in [1.82, 2.24) is 9.80 Å². The SMILES string of the molecule is CC1(C)N2C3CCCC4=C3B(C3C=CC=C(C32)C12CCCCC2)C1SC(C2=CCCCC2)C(c2ccccc2)C1N4C1CC=CCC1. The van der Waals surface area contributed by atoms with Crippen molar-refractivity contribution in [2.24, 2.45) is 5.41 Å². The van der Waals surface area contributed by atoms with E-state index in [1.54, 1.807) is 11.1 Å². The second-order valence-electron chi connectivity index (χ2n) is 17.3. The van der Waals surface area contributed by atoms with Crippen LogP contribution in [0.5, 0.6) is 0 Å². The van der Waals surface area contributed by atoms with Gasteiger partial charge in [0, 0.05) is 57.1 Å². The standard InChI is InChI=1S/C43H55BN2S/c1-42(2)43(27-13-6-14-28-43)32-23-15-24-33-38(32)46(42)35-26-16-25-34-37(35)44(33)41-39(45(34)31-21-11-5-12-22-31)36(29-17-7-3-8-18-29)40(47-41)30-19-9-4-10-20-30/h3,5,7-8,11,15,17-19,23-24,31,33,35-36,38-41H,4,6,9-10,12-14,16,20-22,25-28H2,1-2H3. The van der Waals surface area contributed by atoms with Gasteiger partial charge in [-0.15, -0.1) is 0 Å². The zero-order valence-electron chi connectivity index (χ0n) is 29.0. The van der Waals surface area contributed by atoms with Crippen LogP contribution in [0.4, 0.5) is 0 Å². The zero-order valence-corrected chi connectivity index (χ0v) is 29.8. The molecule has 0 amide bonds. The smallest absolute Gasteiger partial charge is 0.200 e. The van der Waals surface area contributed by atoms with Crippen LogP contribution in [0.2, 0.25) is 5.82 Å². The Bertz CT molecular complexity index is 1560. The van der Waals surface area contributed by atoms with E-state index in [9.17, 15) is 0 Å². The third kappa shape index (κ3) is 4.16. The lowest BCUT2D eigenvalue weighted by molar-refractivity contribution is 0.00375. The molecule has 4 fully saturated rings. The van der Waals surface area contributed by atoms with Crippen LogP contribution in [-0.4, -0.2) is 56.6 Å². The number of allylic oxidation sites excluding steroid dienone is 5. The van der Waals surface area contributed by atoms with E-state index in [0.29, 0.717) is 58.4 Å². The number of fused-ring (bicyclic) bond motifs is 5. The highest BCUT2D eigenvalue weighted by Crippen LogP contribution is 2.69. The van der Waals surface area contributed by atoms with E-state index in [-0.39, 0.29) is 5.54 Å². The molecule has 1 aromatic rings. The Labute approximate surface area is 289 Å². The first-order valence-electron chi connectivity index (χ1n) is 19.8. The number of nitrogens with zero attached hydrogens (tertiary/aromatic N) is 2. The monoisotopic (exact) mass is 642 g/mol. The maximum atomic E-state index is 3.19. The van der Waals surface area contributed by atoms with Crippen molar-refractivity contribution in [3.63, 3.8) is 0 Å². The molecule has 5 aliphatic carbocycles. The van der Waals surface area contributed by atoms with Crippen LogP contribution in [0.3, 0.4) is 0 Å². The van der Waals surface area contributed by atoms with Crippen LogP contribution in [0.1, 0.15) is 122 Å². The summed E-state index contributed by atoms with van der Waals surface area (Å²) in [5.74, 6) is 1.18. The topological polar surface area (TPSA) is 6.48 Å². The summed E-state index contributed by atoms with van der Waals surface area (Å²) in [5.41, 5.74) is 9.57. The number of rotatable bonds is 3. The minimum absolute atomic E-state index is 0.208. The van der Waals surface area contributed by atoms with Gasteiger partial charge >= 0.3 is 0 Å². The predicted molar refractivity (Wildman–Crippen MR) is 200 cm³/mol. The van der Waals surface area contributed by atoms with Crippen molar-refractivity contribution < 1.29 is 0 Å². The lowest BCUT2D eigenvalue weighted by Gasteiger charge is -2.61. The van der Waals surface area contributed by atoms with Gasteiger partial charge < -0.3 is 4.90 Å². The molecule has 47 heavy (non-hydrogen) atoms. The van der Waals surface area contributed by atoms with Crippen molar-refractivity contribution in [2.45, 2.75) is 162 Å². The van der Waals surface area contributed by atoms with E-state index in [2.05, 4.69) is 102 Å². The molecule has 4 heteroatoms. The van der Waals surface area contributed by atoms with Gasteiger partial charge in [-0.1, -0.05) is 97.1 Å². The minimum atomic E-state index is 0.208. The average Bonchev–Trinajstić information content (AvgIpc) is 3.60. The van der Waals surface area contributed by atoms with Gasteiger partial charge in [-0.05, 0) is 108 Å². The fourth-order valence-electron chi connectivity index (χ4n) is 13.4. The molecule has 8 unspecified atom stereocenters. The molecule has 1 spiro atoms. The van der Waals surface area contributed by atoms with E-state index in [4.69, 9.17) is 0 Å². The Morgan fingerprint density at radius 3 is 2.55 bits per heavy atom. The van der Waals surface area contributed by atoms with Crippen LogP contribution in [-0.2, 0) is 0 Å². The van der Waals surface area contributed by atoms with Gasteiger partial charge in [0.2, 0.25) is 0 Å². The molecule has 0 radical (unpaired) electrons. The molecule has 0 N–H and O–H groups in total. The van der Waals surface area contributed by atoms with Crippen LogP contribution >= 0.6 is 11.8 Å². The average molecular weight is 643 g/mol. The molecule has 4 aliphatic heterocycles. The van der Waals surface area contributed by atoms with Crippen molar-refractivity contribution in [1.29, 1.82) is 0 Å². The van der Waals surface area contributed by atoms with Crippen LogP contribution in [0.15, 0.2) is 89.1 Å². The molecule has 3 saturated heterocycles. The number of hydrogen-bond donors (Lipinski definition) is 0. The largest absolute Gasteiger partial charge is 0.368 e. The van der Waals surface area contributed by atoms with Gasteiger partial charge in [-0.3, -0.25) is 4.90 Å². The molecule has 9 aliphatic rings. The Morgan fingerprint density at radius 1 is 0.894 bits per heavy atom. The van der Waals surface area contributed by atoms with Gasteiger partial charge in [0.15, 0.2) is 6.71 Å². The van der Waals surface area contributed by atoms with Crippen LogP contribution < -0.4 is 0 Å². The first kappa shape index (κ1) is 30.0. The van der Waals surface area contributed by atoms with E-state index < -0.39 is 0 Å². The molecule has 8 atom stereocenters. The molecule has 10 rings (SSSR count). The van der Waals surface area contributed by atoms with E-state index >= 15 is 0 Å². The van der Waals surface area contributed by atoms with Crippen molar-refractivity contribution in [3.8, 4) is 0 Å². The Balaban J connectivity index is 1.18. The first-order valence-corrected chi connectivity index (χ1v) is 20.8. The quantitative estimate of drug-likeness (QED) is 0.239. The minimum Gasteiger partial charge on any atom is -0.368 e. The summed E-state index contributed by atoms with van der Waals surface area (Å²) in [7, 11) is 0. The highest BCUT2D eigenvalue weighted by Gasteiger charge is 2.70. The summed E-state index contributed by atoms with van der Waals surface area (Å²) >= 11 is 2.47. The summed E-state index contributed by atoms with van der Waals surface area (Å²) in [6.45, 7) is 6.05. The van der Waals surface area contributed by atoms with E-state index in [0.717, 1.165) is 0 Å². The van der Waals surface area contributed by atoms with Crippen molar-refractivity contribution >= 4 is 18.5 Å². The Kier molecular flexibility index (Phi) is 7.21. The number of thioether (sulfide) groups is 1. The molecule has 246 valence electrons. The summed E-state index contributed by atoms with van der Waals surface area (Å²) in [6, 6.07) is 14.4. The third-order valence-corrected chi connectivity index (χ3v) is 17.0. The zero-order chi connectivity index (χ0) is 31.3. The highest BCUT2D eigenvalue weighted by molar-refractivity contribution is 8.02. The Hall–Kier alpha value is -1.91. The molecular formula is C43H55BN2S. The van der Waals surface area contributed by atoms with E-state index in [1.165, 1.54) is 96.3 Å². The first-order chi connectivity index (χ1) is 23.1. The summed E-state index contributed by atoms with van der Waals surface area (Å²) < 4.78 is 0. The molecule has 1 aromatic carbocycles.